The Bertz CT molecular complexity index is 1320. The summed E-state index contributed by atoms with van der Waals surface area (Å²) >= 11 is 0.809. The molecule has 0 saturated carbocycles. The number of thioether (sulfide) groups is 1. The normalized spacial score (nSPS) is 15.5. The summed E-state index contributed by atoms with van der Waals surface area (Å²) in [7, 11) is -3.93. The summed E-state index contributed by atoms with van der Waals surface area (Å²) in [5.41, 5.74) is 0.595. The van der Waals surface area contributed by atoms with Crippen LogP contribution in [0.5, 0.6) is 0 Å². The van der Waals surface area contributed by atoms with Crippen molar-refractivity contribution in [2.24, 2.45) is 0 Å². The van der Waals surface area contributed by atoms with Gasteiger partial charge in [-0.2, -0.15) is 0 Å². The number of benzene rings is 1. The molecular formula is C21H16N2O7S2. The Morgan fingerprint density at radius 1 is 1.12 bits per heavy atom. The fraction of sp³-hybridized carbons (Fsp3) is 0.0952. The van der Waals surface area contributed by atoms with E-state index in [-0.39, 0.29) is 16.3 Å². The largest absolute Gasteiger partial charge is 0.467 e. The van der Waals surface area contributed by atoms with E-state index in [2.05, 4.69) is 0 Å². The van der Waals surface area contributed by atoms with Crippen LogP contribution in [0.3, 0.4) is 0 Å². The van der Waals surface area contributed by atoms with Crippen LogP contribution < -0.4 is 4.72 Å². The van der Waals surface area contributed by atoms with E-state index in [1.54, 1.807) is 24.3 Å². The predicted molar refractivity (Wildman–Crippen MR) is 115 cm³/mol. The second-order valence-corrected chi connectivity index (χ2v) is 9.41. The second-order valence-electron chi connectivity index (χ2n) is 6.74. The van der Waals surface area contributed by atoms with Crippen molar-refractivity contribution in [2.75, 3.05) is 0 Å². The maximum Gasteiger partial charge on any atom is 0.293 e. The van der Waals surface area contributed by atoms with Crippen LogP contribution in [0.2, 0.25) is 0 Å². The van der Waals surface area contributed by atoms with Gasteiger partial charge in [0, 0.05) is 18.6 Å². The summed E-state index contributed by atoms with van der Waals surface area (Å²) in [6.45, 7) is 1.16. The Labute approximate surface area is 187 Å². The standard InChI is InChI=1S/C21H16N2O7S2/c1-13(24)22-32(27,28)17-7-4-14(5-8-17)18-9-6-15(30-18)11-19-20(25)23(21(26)31-19)12-16-3-2-10-29-16/h2-11H,12H2,1H3,(H,22,24)/b19-11+. The van der Waals surface area contributed by atoms with Gasteiger partial charge in [0.1, 0.15) is 17.3 Å². The average Bonchev–Trinajstić information content (AvgIpc) is 3.46. The number of amides is 3. The highest BCUT2D eigenvalue weighted by Crippen LogP contribution is 2.34. The predicted octanol–water partition coefficient (Wildman–Crippen LogP) is 3.60. The van der Waals surface area contributed by atoms with Crippen molar-refractivity contribution in [3.63, 3.8) is 0 Å². The maximum absolute atomic E-state index is 12.6. The molecule has 164 valence electrons. The van der Waals surface area contributed by atoms with Crippen molar-refractivity contribution in [1.82, 2.24) is 9.62 Å². The SMILES string of the molecule is CC(=O)NS(=O)(=O)c1ccc(-c2ccc(/C=C3/SC(=O)N(Cc4ccco4)C3=O)o2)cc1. The monoisotopic (exact) mass is 472 g/mol. The van der Waals surface area contributed by atoms with Gasteiger partial charge in [-0.3, -0.25) is 19.3 Å². The summed E-state index contributed by atoms with van der Waals surface area (Å²) < 4.78 is 36.9. The highest BCUT2D eigenvalue weighted by atomic mass is 32.2. The van der Waals surface area contributed by atoms with Gasteiger partial charge in [-0.25, -0.2) is 13.1 Å². The fourth-order valence-corrected chi connectivity index (χ4v) is 4.76. The minimum absolute atomic E-state index is 0.0478. The Kier molecular flexibility index (Phi) is 5.76. The van der Waals surface area contributed by atoms with Crippen LogP contribution in [0.4, 0.5) is 4.79 Å². The molecule has 0 radical (unpaired) electrons. The molecule has 2 aromatic heterocycles. The summed E-state index contributed by atoms with van der Waals surface area (Å²) in [5, 5.41) is -0.402. The second kappa shape index (κ2) is 8.52. The van der Waals surface area contributed by atoms with Crippen molar-refractivity contribution in [3.8, 4) is 11.3 Å². The van der Waals surface area contributed by atoms with Gasteiger partial charge < -0.3 is 8.83 Å². The van der Waals surface area contributed by atoms with E-state index in [9.17, 15) is 22.8 Å². The Hall–Kier alpha value is -3.57. The third kappa shape index (κ3) is 4.53. The first-order chi connectivity index (χ1) is 15.2. The quantitative estimate of drug-likeness (QED) is 0.539. The highest BCUT2D eigenvalue weighted by Gasteiger charge is 2.35. The molecule has 3 aromatic rings. The number of furan rings is 2. The summed E-state index contributed by atoms with van der Waals surface area (Å²) in [4.78, 5) is 37.1. The lowest BCUT2D eigenvalue weighted by Gasteiger charge is -2.09. The van der Waals surface area contributed by atoms with Gasteiger partial charge in [-0.15, -0.1) is 0 Å². The van der Waals surface area contributed by atoms with Crippen LogP contribution in [0.1, 0.15) is 18.4 Å². The molecule has 1 aliphatic rings. The first kappa shape index (κ1) is 21.7. The molecule has 32 heavy (non-hydrogen) atoms. The first-order valence-electron chi connectivity index (χ1n) is 9.24. The van der Waals surface area contributed by atoms with Crippen molar-refractivity contribution in [2.45, 2.75) is 18.4 Å². The summed E-state index contributed by atoms with van der Waals surface area (Å²) in [6.07, 6.45) is 2.95. The van der Waals surface area contributed by atoms with Gasteiger partial charge in [0.2, 0.25) is 5.91 Å². The lowest BCUT2D eigenvalue weighted by molar-refractivity contribution is -0.123. The smallest absolute Gasteiger partial charge is 0.293 e. The Morgan fingerprint density at radius 3 is 2.53 bits per heavy atom. The van der Waals surface area contributed by atoms with Crippen LogP contribution in [0.15, 0.2) is 73.4 Å². The molecule has 1 aliphatic heterocycles. The zero-order valence-electron chi connectivity index (χ0n) is 16.6. The molecule has 3 amide bonds. The van der Waals surface area contributed by atoms with Crippen molar-refractivity contribution < 1.29 is 31.6 Å². The topological polar surface area (TPSA) is 127 Å². The highest BCUT2D eigenvalue weighted by molar-refractivity contribution is 8.18. The Balaban J connectivity index is 1.50. The van der Waals surface area contributed by atoms with Crippen molar-refractivity contribution in [3.05, 3.63) is 71.2 Å². The lowest BCUT2D eigenvalue weighted by Crippen LogP contribution is -2.28. The van der Waals surface area contributed by atoms with Crippen molar-refractivity contribution in [1.29, 1.82) is 0 Å². The molecule has 1 saturated heterocycles. The number of carbonyl (C=O) groups is 3. The summed E-state index contributed by atoms with van der Waals surface area (Å²) in [6, 6.07) is 12.4. The van der Waals surface area contributed by atoms with E-state index < -0.39 is 27.1 Å². The molecule has 0 aliphatic carbocycles. The van der Waals surface area contributed by atoms with Gasteiger partial charge in [0.15, 0.2) is 0 Å². The number of nitrogens with one attached hydrogen (secondary N) is 1. The molecule has 0 spiro atoms. The van der Waals surface area contributed by atoms with Gasteiger partial charge in [0.05, 0.1) is 22.6 Å². The van der Waals surface area contributed by atoms with E-state index in [0.717, 1.165) is 23.6 Å². The molecule has 1 N–H and O–H groups in total. The summed E-state index contributed by atoms with van der Waals surface area (Å²) in [5.74, 6) is 0.172. The molecular weight excluding hydrogens is 456 g/mol. The zero-order valence-corrected chi connectivity index (χ0v) is 18.2. The number of hydrogen-bond acceptors (Lipinski definition) is 8. The molecule has 4 rings (SSSR count). The number of rotatable bonds is 6. The molecule has 0 atom stereocenters. The minimum Gasteiger partial charge on any atom is -0.467 e. The first-order valence-corrected chi connectivity index (χ1v) is 11.5. The van der Waals surface area contributed by atoms with Crippen LogP contribution in [0.25, 0.3) is 17.4 Å². The number of sulfonamides is 1. The molecule has 1 fully saturated rings. The maximum atomic E-state index is 12.6. The third-order valence-corrected chi connectivity index (χ3v) is 6.75. The molecule has 3 heterocycles. The fourth-order valence-electron chi connectivity index (χ4n) is 2.96. The molecule has 0 unspecified atom stereocenters. The van der Waals surface area contributed by atoms with E-state index in [0.29, 0.717) is 22.8 Å². The van der Waals surface area contributed by atoms with Gasteiger partial charge in [-0.1, -0.05) is 0 Å². The van der Waals surface area contributed by atoms with Crippen LogP contribution in [0, 0.1) is 0 Å². The van der Waals surface area contributed by atoms with E-state index >= 15 is 0 Å². The van der Waals surface area contributed by atoms with Crippen LogP contribution in [-0.2, 0) is 26.2 Å². The molecule has 0 bridgehead atoms. The van der Waals surface area contributed by atoms with Gasteiger partial charge in [-0.05, 0) is 60.3 Å². The molecule has 1 aromatic carbocycles. The van der Waals surface area contributed by atoms with Crippen LogP contribution >= 0.6 is 11.8 Å². The Morgan fingerprint density at radius 2 is 1.88 bits per heavy atom. The number of nitrogens with zero attached hydrogens (tertiary/aromatic N) is 1. The van der Waals surface area contributed by atoms with Gasteiger partial charge >= 0.3 is 0 Å². The van der Waals surface area contributed by atoms with E-state index in [4.69, 9.17) is 8.83 Å². The zero-order chi connectivity index (χ0) is 22.9. The third-order valence-electron chi connectivity index (χ3n) is 4.40. The lowest BCUT2D eigenvalue weighted by atomic mass is 10.2. The van der Waals surface area contributed by atoms with Gasteiger partial charge in [0.25, 0.3) is 21.2 Å². The van der Waals surface area contributed by atoms with Crippen LogP contribution in [-0.4, -0.2) is 30.4 Å². The van der Waals surface area contributed by atoms with E-state index in [1.807, 2.05) is 4.72 Å². The molecule has 11 heteroatoms. The minimum atomic E-state index is -3.93. The van der Waals surface area contributed by atoms with Crippen molar-refractivity contribution >= 4 is 44.9 Å². The number of carbonyl (C=O) groups excluding carboxylic acids is 3. The van der Waals surface area contributed by atoms with E-state index in [1.165, 1.54) is 36.6 Å². The number of hydrogen-bond donors (Lipinski definition) is 1. The average molecular weight is 473 g/mol. The molecule has 9 nitrogen and oxygen atoms in total. The number of imide groups is 1.